The molecule has 11 nitrogen and oxygen atoms in total. The van der Waals surface area contributed by atoms with E-state index in [-0.39, 0.29) is 50.2 Å². The van der Waals surface area contributed by atoms with Crippen molar-refractivity contribution in [3.05, 3.63) is 65.7 Å². The molecule has 3 amide bonds. The second-order valence-electron chi connectivity index (χ2n) is 8.03. The zero-order chi connectivity index (χ0) is 26.0. The van der Waals surface area contributed by atoms with Crippen LogP contribution in [0.4, 0.5) is 0 Å². The Bertz CT molecular complexity index is 1030. The predicted octanol–water partition coefficient (Wildman–Crippen LogP) is -1.89. The number of rotatable bonds is 12. The minimum atomic E-state index is -1.14. The second kappa shape index (κ2) is 16.7. The minimum absolute atomic E-state index is 0. The Hall–Kier alpha value is -2.95. The maximum atomic E-state index is 12.6. The van der Waals surface area contributed by atoms with Gasteiger partial charge in [0.25, 0.3) is 0 Å². The zero-order valence-corrected chi connectivity index (χ0v) is 23.5. The molecule has 0 heterocycles. The van der Waals surface area contributed by atoms with E-state index in [0.29, 0.717) is 5.56 Å². The summed E-state index contributed by atoms with van der Waals surface area (Å²) in [4.78, 5) is 37.6. The fourth-order valence-corrected chi connectivity index (χ4v) is 3.40. The predicted molar refractivity (Wildman–Crippen MR) is 130 cm³/mol. The third-order valence-electron chi connectivity index (χ3n) is 5.18. The third-order valence-corrected chi connectivity index (χ3v) is 5.52. The van der Waals surface area contributed by atoms with Crippen LogP contribution in [0.5, 0.6) is 5.75 Å². The van der Waals surface area contributed by atoms with Crippen LogP contribution >= 0.6 is 0 Å². The Balaban J connectivity index is 0.00000648. The van der Waals surface area contributed by atoms with Gasteiger partial charge in [0, 0.05) is 20.4 Å². The molecular formula is C24H28N5O6ReS-5. The number of nitrogens with two attached hydrogens (primary N) is 1. The molecule has 0 saturated heterocycles. The molecule has 13 heteroatoms. The molecule has 2 rings (SSSR count). The van der Waals surface area contributed by atoms with Crippen molar-refractivity contribution in [3.63, 3.8) is 0 Å². The fourth-order valence-electron chi connectivity index (χ4n) is 3.17. The summed E-state index contributed by atoms with van der Waals surface area (Å²) in [6, 6.07) is 10.6. The van der Waals surface area contributed by atoms with Crippen molar-refractivity contribution in [1.29, 1.82) is 5.41 Å². The molecule has 203 valence electrons. The molecule has 0 saturated carbocycles. The van der Waals surface area contributed by atoms with Gasteiger partial charge in [-0.1, -0.05) is 54.6 Å². The van der Waals surface area contributed by atoms with Gasteiger partial charge in [-0.2, -0.15) is 0 Å². The number of benzene rings is 2. The molecule has 0 unspecified atom stereocenters. The van der Waals surface area contributed by atoms with Gasteiger partial charge < -0.3 is 55.4 Å². The molecule has 2 aromatic rings. The van der Waals surface area contributed by atoms with Gasteiger partial charge in [0.05, 0.1) is 18.1 Å². The van der Waals surface area contributed by atoms with Crippen molar-refractivity contribution in [2.45, 2.75) is 43.9 Å². The Labute approximate surface area is 234 Å². The molecule has 1 radical (unpaired) electrons. The first-order chi connectivity index (χ1) is 16.6. The van der Waals surface area contributed by atoms with Crippen molar-refractivity contribution >= 4 is 36.2 Å². The Morgan fingerprint density at radius 2 is 1.43 bits per heavy atom. The number of hydrogen-bond acceptors (Lipinski definition) is 8. The number of carbonyl (C=O) groups is 3. The van der Waals surface area contributed by atoms with Crippen LogP contribution in [0.2, 0.25) is 0 Å². The Morgan fingerprint density at radius 1 is 0.892 bits per heavy atom. The van der Waals surface area contributed by atoms with E-state index in [4.69, 9.17) is 23.8 Å². The molecule has 6 N–H and O–H groups in total. The summed E-state index contributed by atoms with van der Waals surface area (Å²) in [5.41, 5.74) is 7.36. The first-order valence-corrected chi connectivity index (χ1v) is 11.5. The smallest absolute Gasteiger partial charge is 0.242 e. The summed E-state index contributed by atoms with van der Waals surface area (Å²) in [6.07, 6.45) is 0.288. The number of hydrogen-bond donors (Lipinski definition) is 5. The molecule has 0 bridgehead atoms. The summed E-state index contributed by atoms with van der Waals surface area (Å²) in [7, 11) is 0. The average Bonchev–Trinajstić information content (AvgIpc) is 2.83. The summed E-state index contributed by atoms with van der Waals surface area (Å²) < 4.78 is 0. The van der Waals surface area contributed by atoms with E-state index < -0.39 is 47.8 Å². The van der Waals surface area contributed by atoms with Crippen LogP contribution in [-0.4, -0.2) is 53.5 Å². The normalized spacial score (nSPS) is 13.4. The van der Waals surface area contributed by atoms with Gasteiger partial charge in [-0.25, -0.2) is 0 Å². The summed E-state index contributed by atoms with van der Waals surface area (Å²) in [5, 5.41) is 37.8. The van der Waals surface area contributed by atoms with E-state index in [2.05, 4.69) is 16.0 Å². The molecule has 0 aliphatic rings. The van der Waals surface area contributed by atoms with E-state index in [9.17, 15) is 24.6 Å². The molecule has 37 heavy (non-hydrogen) atoms. The zero-order valence-electron chi connectivity index (χ0n) is 19.9. The van der Waals surface area contributed by atoms with Gasteiger partial charge >= 0.3 is 0 Å². The van der Waals surface area contributed by atoms with Crippen LogP contribution in [0.3, 0.4) is 0 Å². The number of nitrogens with one attached hydrogen (secondary N) is 4. The third kappa shape index (κ3) is 11.3. The molecule has 0 aliphatic carbocycles. The maximum Gasteiger partial charge on any atom is 0.242 e. The van der Waals surface area contributed by atoms with Gasteiger partial charge in [-0.3, -0.25) is 14.4 Å². The van der Waals surface area contributed by atoms with Crippen LogP contribution in [0.25, 0.3) is 0 Å². The molecule has 0 aliphatic heterocycles. The Kier molecular flexibility index (Phi) is 15.4. The van der Waals surface area contributed by atoms with E-state index >= 15 is 0 Å². The molecule has 2 aromatic carbocycles. The van der Waals surface area contributed by atoms with Crippen molar-refractivity contribution in [3.8, 4) is 5.75 Å². The first kappa shape index (κ1) is 34.1. The first-order valence-electron chi connectivity index (χ1n) is 10.9. The topological polar surface area (TPSA) is 212 Å². The summed E-state index contributed by atoms with van der Waals surface area (Å²) in [5.74, 6) is -3.26. The van der Waals surface area contributed by atoms with Gasteiger partial charge in [-0.15, -0.1) is 11.5 Å². The maximum absolute atomic E-state index is 12.6. The van der Waals surface area contributed by atoms with Crippen LogP contribution in [0, 0.1) is 5.41 Å². The van der Waals surface area contributed by atoms with E-state index in [0.717, 1.165) is 5.56 Å². The average molecular weight is 701 g/mol. The largest absolute Gasteiger partial charge is 2.00 e. The molecule has 4 atom stereocenters. The Morgan fingerprint density at radius 3 is 1.97 bits per heavy atom. The SMILES string of the molecule is C[C@@H](NC(=O)[C@@H](N)Cc1ccc([O-])cc1)C(=O)N[C@@H](C[S-])C(=O)N[C@@H](Cc1ccccc1)C(=N)[O-].[O-2].[Re]. The van der Waals surface area contributed by atoms with Crippen molar-refractivity contribution in [2.75, 3.05) is 5.75 Å². The van der Waals surface area contributed by atoms with Crippen molar-refractivity contribution in [2.24, 2.45) is 5.73 Å². The van der Waals surface area contributed by atoms with Crippen LogP contribution in [0.1, 0.15) is 18.1 Å². The standard InChI is InChI=1S/C24H31N5O5S.O.Re/c1-14(27-23(33)18(25)11-16-7-9-17(30)10-8-16)22(32)29-20(13-35)24(34)28-19(21(26)31)12-15-5-3-2-4-6-15;;/h2-10,14,18-20,30,35H,11-13,25H2,1H3,(H2,26,31)(H,27,33)(H,28,34)(H,29,32);;/q;-2;/p-3/t14-,18+,19+,20+;;/m1../s1. The summed E-state index contributed by atoms with van der Waals surface area (Å²) in [6.45, 7) is 1.43. The molecule has 0 aromatic heterocycles. The van der Waals surface area contributed by atoms with E-state index in [1.54, 1.807) is 42.5 Å². The fraction of sp³-hybridized carbons (Fsp3) is 0.333. The molecule has 0 spiro atoms. The number of carbonyl (C=O) groups excluding carboxylic acids is 3. The van der Waals surface area contributed by atoms with E-state index in [1.807, 2.05) is 0 Å². The van der Waals surface area contributed by atoms with Gasteiger partial charge in [0.15, 0.2) is 0 Å². The van der Waals surface area contributed by atoms with Crippen molar-refractivity contribution in [1.82, 2.24) is 16.0 Å². The van der Waals surface area contributed by atoms with Gasteiger partial charge in [-0.05, 0) is 36.8 Å². The minimum Gasteiger partial charge on any atom is -2.00 e. The molecular weight excluding hydrogens is 673 g/mol. The van der Waals surface area contributed by atoms with Gasteiger partial charge in [0.1, 0.15) is 6.04 Å². The number of amides is 3. The van der Waals surface area contributed by atoms with Gasteiger partial charge in [0.2, 0.25) is 17.7 Å². The summed E-state index contributed by atoms with van der Waals surface area (Å²) >= 11 is 4.98. The quantitative estimate of drug-likeness (QED) is 0.0965. The van der Waals surface area contributed by atoms with Crippen molar-refractivity contribution < 1.29 is 50.5 Å². The van der Waals surface area contributed by atoms with E-state index in [1.165, 1.54) is 19.1 Å². The monoisotopic (exact) mass is 701 g/mol. The molecule has 0 fully saturated rings. The van der Waals surface area contributed by atoms with Crippen LogP contribution < -0.4 is 31.9 Å². The second-order valence-corrected chi connectivity index (χ2v) is 8.36. The van der Waals surface area contributed by atoms with Crippen LogP contribution in [-0.2, 0) is 65.8 Å². The van der Waals surface area contributed by atoms with Crippen LogP contribution in [0.15, 0.2) is 54.6 Å².